The van der Waals surface area contributed by atoms with Gasteiger partial charge in [-0.2, -0.15) is 0 Å². The summed E-state index contributed by atoms with van der Waals surface area (Å²) in [5.74, 6) is 0.201. The van der Waals surface area contributed by atoms with Crippen molar-refractivity contribution in [2.45, 2.75) is 17.5 Å². The number of rotatable bonds is 10. The molecule has 3 rings (SSSR count). The minimum absolute atomic E-state index is 0.0724. The van der Waals surface area contributed by atoms with Crippen molar-refractivity contribution < 1.29 is 27.7 Å². The molecule has 160 valence electrons. The lowest BCUT2D eigenvalue weighted by Gasteiger charge is -2.07. The maximum absolute atomic E-state index is 13.9. The third-order valence-corrected chi connectivity index (χ3v) is 5.54. The van der Waals surface area contributed by atoms with Gasteiger partial charge in [0.05, 0.1) is 11.6 Å². The highest BCUT2D eigenvalue weighted by molar-refractivity contribution is 7.98. The predicted molar refractivity (Wildman–Crippen MR) is 110 cm³/mol. The second-order valence-electron chi connectivity index (χ2n) is 6.07. The fraction of sp³-hybridized carbons (Fsp3) is 0.222. The van der Waals surface area contributed by atoms with Gasteiger partial charge >= 0.3 is 7.82 Å². The highest BCUT2D eigenvalue weighted by atomic mass is 35.5. The largest absolute Gasteiger partial charge is 0.469 e. The van der Waals surface area contributed by atoms with E-state index in [0.29, 0.717) is 35.5 Å². The fourth-order valence-corrected chi connectivity index (χ4v) is 3.68. The van der Waals surface area contributed by atoms with Gasteiger partial charge in [0.1, 0.15) is 5.82 Å². The van der Waals surface area contributed by atoms with Crippen LogP contribution in [0.5, 0.6) is 0 Å². The predicted octanol–water partition coefficient (Wildman–Crippen LogP) is 4.02. The summed E-state index contributed by atoms with van der Waals surface area (Å²) < 4.78 is 34.5. The molecule has 0 aliphatic rings. The van der Waals surface area contributed by atoms with Gasteiger partial charge in [0.15, 0.2) is 0 Å². The van der Waals surface area contributed by atoms with E-state index in [1.54, 1.807) is 12.1 Å². The second-order valence-corrected chi connectivity index (χ2v) is 8.65. The van der Waals surface area contributed by atoms with Gasteiger partial charge in [0, 0.05) is 24.4 Å². The van der Waals surface area contributed by atoms with E-state index in [0.717, 1.165) is 11.1 Å². The number of phosphoric acid groups is 1. The Morgan fingerprint density at radius 3 is 2.70 bits per heavy atom. The molecule has 1 aromatic heterocycles. The number of hydrogen-bond donors (Lipinski definition) is 3. The summed E-state index contributed by atoms with van der Waals surface area (Å²) in [7, 11) is -4.43. The molecule has 0 saturated carbocycles. The molecule has 0 saturated heterocycles. The Morgan fingerprint density at radius 1 is 1.20 bits per heavy atom. The van der Waals surface area contributed by atoms with E-state index in [9.17, 15) is 8.96 Å². The summed E-state index contributed by atoms with van der Waals surface area (Å²) in [5.41, 5.74) is 2.15. The summed E-state index contributed by atoms with van der Waals surface area (Å²) in [6.07, 6.45) is 0. The van der Waals surface area contributed by atoms with Crippen LogP contribution in [0.1, 0.15) is 11.1 Å². The quantitative estimate of drug-likeness (QED) is 0.228. The van der Waals surface area contributed by atoms with Crippen molar-refractivity contribution in [2.75, 3.05) is 13.2 Å². The van der Waals surface area contributed by atoms with Gasteiger partial charge in [-0.15, -0.1) is 10.2 Å². The second kappa shape index (κ2) is 10.5. The Labute approximate surface area is 181 Å². The number of thioether (sulfide) groups is 1. The van der Waals surface area contributed by atoms with Crippen molar-refractivity contribution in [1.29, 1.82) is 0 Å². The Morgan fingerprint density at radius 2 is 1.97 bits per heavy atom. The van der Waals surface area contributed by atoms with Crippen LogP contribution in [0.2, 0.25) is 5.02 Å². The zero-order valence-corrected chi connectivity index (χ0v) is 18.0. The average molecular weight is 474 g/mol. The van der Waals surface area contributed by atoms with Gasteiger partial charge in [-0.25, -0.2) is 8.96 Å². The van der Waals surface area contributed by atoms with Crippen LogP contribution in [0.15, 0.2) is 52.1 Å². The molecule has 0 amide bonds. The number of phosphoric ester groups is 1. The van der Waals surface area contributed by atoms with Crippen molar-refractivity contribution in [2.24, 2.45) is 0 Å². The molecule has 8 nitrogen and oxygen atoms in total. The highest BCUT2D eigenvalue weighted by Gasteiger charge is 2.13. The number of hydrogen-bond acceptors (Lipinski definition) is 7. The maximum atomic E-state index is 13.9. The van der Waals surface area contributed by atoms with Gasteiger partial charge in [-0.05, 0) is 29.3 Å². The molecule has 0 fully saturated rings. The topological polar surface area (TPSA) is 118 Å². The Bertz CT molecular complexity index is 1030. The third-order valence-electron chi connectivity index (χ3n) is 3.86. The molecular weight excluding hydrogens is 456 g/mol. The molecule has 0 unspecified atom stereocenters. The van der Waals surface area contributed by atoms with Crippen molar-refractivity contribution in [3.63, 3.8) is 0 Å². The van der Waals surface area contributed by atoms with E-state index in [1.807, 2.05) is 24.3 Å². The average Bonchev–Trinajstić information content (AvgIpc) is 3.17. The summed E-state index contributed by atoms with van der Waals surface area (Å²) in [6.45, 7) is 0.704. The van der Waals surface area contributed by atoms with Gasteiger partial charge in [0.2, 0.25) is 5.89 Å². The van der Waals surface area contributed by atoms with Crippen LogP contribution in [0.4, 0.5) is 4.39 Å². The molecule has 3 N–H and O–H groups in total. The van der Waals surface area contributed by atoms with E-state index in [2.05, 4.69) is 20.0 Å². The van der Waals surface area contributed by atoms with E-state index in [4.69, 9.17) is 25.8 Å². The minimum atomic E-state index is -4.43. The van der Waals surface area contributed by atoms with E-state index in [-0.39, 0.29) is 11.6 Å². The first-order valence-corrected chi connectivity index (χ1v) is 11.6. The molecule has 12 heteroatoms. The zero-order chi connectivity index (χ0) is 21.6. The molecule has 0 radical (unpaired) electrons. The van der Waals surface area contributed by atoms with Crippen LogP contribution >= 0.6 is 31.2 Å². The van der Waals surface area contributed by atoms with Crippen LogP contribution in [-0.4, -0.2) is 33.1 Å². The van der Waals surface area contributed by atoms with Crippen LogP contribution < -0.4 is 5.32 Å². The van der Waals surface area contributed by atoms with Gasteiger partial charge < -0.3 is 19.5 Å². The first-order valence-electron chi connectivity index (χ1n) is 8.71. The van der Waals surface area contributed by atoms with E-state index in [1.165, 1.54) is 17.8 Å². The molecule has 3 aromatic rings. The van der Waals surface area contributed by atoms with Crippen molar-refractivity contribution in [1.82, 2.24) is 15.5 Å². The summed E-state index contributed by atoms with van der Waals surface area (Å²) in [5, 5.41) is 11.4. The first kappa shape index (κ1) is 22.9. The van der Waals surface area contributed by atoms with E-state index < -0.39 is 13.6 Å². The minimum Gasteiger partial charge on any atom is -0.411 e. The van der Waals surface area contributed by atoms with Crippen LogP contribution in [0.25, 0.3) is 11.5 Å². The third kappa shape index (κ3) is 6.88. The monoisotopic (exact) mass is 473 g/mol. The maximum Gasteiger partial charge on any atom is 0.469 e. The summed E-state index contributed by atoms with van der Waals surface area (Å²) in [6, 6.07) is 12.2. The first-order chi connectivity index (χ1) is 14.3. The SMILES string of the molecule is O=P(O)(O)OCCNCc1ccc(-c2nnc(SCc3cccc(Cl)c3F)o2)cc1. The summed E-state index contributed by atoms with van der Waals surface area (Å²) in [4.78, 5) is 17.2. The summed E-state index contributed by atoms with van der Waals surface area (Å²) >= 11 is 7.00. The molecular formula is C18H18ClFN3O5PS. The molecule has 0 bridgehead atoms. The van der Waals surface area contributed by atoms with Crippen molar-refractivity contribution in [3.8, 4) is 11.5 Å². The smallest absolute Gasteiger partial charge is 0.411 e. The van der Waals surface area contributed by atoms with E-state index >= 15 is 0 Å². The number of halogens is 2. The fourth-order valence-electron chi connectivity index (χ4n) is 2.42. The van der Waals surface area contributed by atoms with Crippen LogP contribution in [-0.2, 0) is 21.4 Å². The number of aromatic nitrogens is 2. The Hall–Kier alpha value is -1.78. The molecule has 0 atom stereocenters. The lowest BCUT2D eigenvalue weighted by atomic mass is 10.1. The van der Waals surface area contributed by atoms with Crippen molar-refractivity contribution in [3.05, 3.63) is 64.4 Å². The lowest BCUT2D eigenvalue weighted by Crippen LogP contribution is -2.18. The molecule has 30 heavy (non-hydrogen) atoms. The standard InChI is InChI=1S/C18H18ClFN3O5PS/c19-15-3-1-2-14(16(15)20)11-30-18-23-22-17(28-18)13-6-4-12(5-7-13)10-21-8-9-27-29(24,25)26/h1-7,21H,8-11H2,(H2,24,25,26). The normalized spacial score (nSPS) is 11.7. The number of nitrogens with one attached hydrogen (secondary N) is 1. The van der Waals surface area contributed by atoms with Gasteiger partial charge in [0.25, 0.3) is 5.22 Å². The lowest BCUT2D eigenvalue weighted by molar-refractivity contribution is 0.197. The van der Waals surface area contributed by atoms with Crippen LogP contribution in [0.3, 0.4) is 0 Å². The Balaban J connectivity index is 1.50. The molecule has 0 spiro atoms. The van der Waals surface area contributed by atoms with Gasteiger partial charge in [-0.1, -0.05) is 47.6 Å². The van der Waals surface area contributed by atoms with Gasteiger partial charge in [-0.3, -0.25) is 4.52 Å². The molecule has 2 aromatic carbocycles. The zero-order valence-electron chi connectivity index (χ0n) is 15.5. The van der Waals surface area contributed by atoms with Crippen molar-refractivity contribution >= 4 is 31.2 Å². The molecule has 1 heterocycles. The number of nitrogens with zero attached hydrogens (tertiary/aromatic N) is 2. The van der Waals surface area contributed by atoms with Crippen LogP contribution in [0, 0.1) is 5.82 Å². The Kier molecular flexibility index (Phi) is 8.01. The highest BCUT2D eigenvalue weighted by Crippen LogP contribution is 2.35. The molecule has 0 aliphatic heterocycles. The number of benzene rings is 2. The molecule has 0 aliphatic carbocycles.